The third kappa shape index (κ3) is 3.14. The second-order valence-electron chi connectivity index (χ2n) is 7.25. The maximum Gasteiger partial charge on any atom is 0.0875 e. The largest absolute Gasteiger partial charge is 0.381 e. The first-order chi connectivity index (χ1) is 10.2. The molecule has 2 heterocycles. The van der Waals surface area contributed by atoms with Crippen LogP contribution in [0, 0.1) is 5.92 Å². The van der Waals surface area contributed by atoms with E-state index < -0.39 is 0 Å². The fourth-order valence-corrected chi connectivity index (χ4v) is 4.74. The summed E-state index contributed by atoms with van der Waals surface area (Å²) in [7, 11) is 1.82. The van der Waals surface area contributed by atoms with Gasteiger partial charge >= 0.3 is 0 Å². The van der Waals surface area contributed by atoms with Gasteiger partial charge in [-0.25, -0.2) is 0 Å². The zero-order valence-electron chi connectivity index (χ0n) is 13.4. The number of hydrogen-bond acceptors (Lipinski definition) is 4. The Hall–Kier alpha value is -0.160. The van der Waals surface area contributed by atoms with Crippen molar-refractivity contribution in [3.05, 3.63) is 0 Å². The number of ether oxygens (including phenoxy) is 3. The van der Waals surface area contributed by atoms with Gasteiger partial charge in [0, 0.05) is 45.8 Å². The standard InChI is InChI=1S/C17H31NO3/c1-19-17(8-11-20-12-9-17)15(18)14-5-10-21-16(13-14)6-3-2-4-7-16/h14-15H,2-13,18H2,1H3. The highest BCUT2D eigenvalue weighted by molar-refractivity contribution is 5.01. The molecule has 2 saturated heterocycles. The predicted octanol–water partition coefficient (Wildman–Crippen LogP) is 2.64. The van der Waals surface area contributed by atoms with Gasteiger partial charge in [0.15, 0.2) is 0 Å². The van der Waals surface area contributed by atoms with Crippen LogP contribution in [-0.2, 0) is 14.2 Å². The van der Waals surface area contributed by atoms with Crippen LogP contribution in [0.1, 0.15) is 57.8 Å². The van der Waals surface area contributed by atoms with E-state index >= 15 is 0 Å². The molecular weight excluding hydrogens is 266 g/mol. The molecule has 1 spiro atoms. The molecule has 2 atom stereocenters. The molecule has 0 bridgehead atoms. The lowest BCUT2D eigenvalue weighted by Gasteiger charge is -2.49. The highest BCUT2D eigenvalue weighted by atomic mass is 16.5. The molecule has 3 aliphatic rings. The van der Waals surface area contributed by atoms with E-state index in [0.29, 0.717) is 5.92 Å². The smallest absolute Gasteiger partial charge is 0.0875 e. The van der Waals surface area contributed by atoms with Gasteiger partial charge in [0.1, 0.15) is 0 Å². The molecule has 0 amide bonds. The van der Waals surface area contributed by atoms with E-state index in [1.807, 2.05) is 7.11 Å². The molecule has 2 aliphatic heterocycles. The molecule has 1 aliphatic carbocycles. The van der Waals surface area contributed by atoms with Crippen LogP contribution in [0.4, 0.5) is 0 Å². The first kappa shape index (κ1) is 15.7. The molecule has 0 radical (unpaired) electrons. The van der Waals surface area contributed by atoms with Gasteiger partial charge in [-0.05, 0) is 31.6 Å². The van der Waals surface area contributed by atoms with E-state index in [9.17, 15) is 0 Å². The van der Waals surface area contributed by atoms with E-state index in [-0.39, 0.29) is 17.2 Å². The first-order valence-electron chi connectivity index (χ1n) is 8.72. The first-order valence-corrected chi connectivity index (χ1v) is 8.72. The minimum atomic E-state index is -0.184. The molecular formula is C17H31NO3. The van der Waals surface area contributed by atoms with Gasteiger partial charge < -0.3 is 19.9 Å². The molecule has 4 heteroatoms. The topological polar surface area (TPSA) is 53.7 Å². The minimum Gasteiger partial charge on any atom is -0.381 e. The molecule has 2 unspecified atom stereocenters. The lowest BCUT2D eigenvalue weighted by molar-refractivity contribution is -0.152. The predicted molar refractivity (Wildman–Crippen MR) is 82.3 cm³/mol. The number of hydrogen-bond donors (Lipinski definition) is 1. The van der Waals surface area contributed by atoms with Crippen LogP contribution >= 0.6 is 0 Å². The van der Waals surface area contributed by atoms with Crippen molar-refractivity contribution in [1.82, 2.24) is 0 Å². The van der Waals surface area contributed by atoms with Crippen molar-refractivity contribution in [3.8, 4) is 0 Å². The fourth-order valence-electron chi connectivity index (χ4n) is 4.74. The van der Waals surface area contributed by atoms with Crippen molar-refractivity contribution in [1.29, 1.82) is 0 Å². The summed E-state index contributed by atoms with van der Waals surface area (Å²) in [4.78, 5) is 0. The highest BCUT2D eigenvalue weighted by Crippen LogP contribution is 2.44. The molecule has 3 fully saturated rings. The van der Waals surface area contributed by atoms with Crippen LogP contribution in [0.25, 0.3) is 0 Å². The normalized spacial score (nSPS) is 33.7. The molecule has 1 saturated carbocycles. The van der Waals surface area contributed by atoms with Crippen molar-refractivity contribution >= 4 is 0 Å². The lowest BCUT2D eigenvalue weighted by Crippen LogP contribution is -2.59. The van der Waals surface area contributed by atoms with Gasteiger partial charge in [-0.15, -0.1) is 0 Å². The van der Waals surface area contributed by atoms with Gasteiger partial charge in [-0.1, -0.05) is 19.3 Å². The Morgan fingerprint density at radius 2 is 1.76 bits per heavy atom. The Balaban J connectivity index is 1.69. The minimum absolute atomic E-state index is 0.106. The third-order valence-corrected chi connectivity index (χ3v) is 6.16. The Kier molecular flexibility index (Phi) is 4.89. The molecule has 0 aromatic rings. The Morgan fingerprint density at radius 3 is 2.43 bits per heavy atom. The van der Waals surface area contributed by atoms with Gasteiger partial charge in [-0.2, -0.15) is 0 Å². The van der Waals surface area contributed by atoms with E-state index in [1.165, 1.54) is 32.1 Å². The van der Waals surface area contributed by atoms with Crippen molar-refractivity contribution < 1.29 is 14.2 Å². The van der Waals surface area contributed by atoms with E-state index in [4.69, 9.17) is 19.9 Å². The number of rotatable bonds is 3. The average Bonchev–Trinajstić information content (AvgIpc) is 2.55. The zero-order chi connectivity index (χ0) is 14.8. The summed E-state index contributed by atoms with van der Waals surface area (Å²) >= 11 is 0. The lowest BCUT2D eigenvalue weighted by atomic mass is 9.70. The van der Waals surface area contributed by atoms with Gasteiger partial charge in [0.2, 0.25) is 0 Å². The summed E-state index contributed by atoms with van der Waals surface area (Å²) in [6, 6.07) is 0.106. The molecule has 3 rings (SSSR count). The Labute approximate surface area is 128 Å². The Bertz CT molecular complexity index is 329. The van der Waals surface area contributed by atoms with Gasteiger partial charge in [0.05, 0.1) is 11.2 Å². The summed E-state index contributed by atoms with van der Waals surface area (Å²) in [5, 5.41) is 0. The number of methoxy groups -OCH3 is 1. The SMILES string of the molecule is COC1(C(N)C2CCOC3(CCCCC3)C2)CCOCC1. The van der Waals surface area contributed by atoms with E-state index in [0.717, 1.165) is 45.5 Å². The summed E-state index contributed by atoms with van der Waals surface area (Å²) in [6.45, 7) is 2.42. The second kappa shape index (κ2) is 6.53. The monoisotopic (exact) mass is 297 g/mol. The summed E-state index contributed by atoms with van der Waals surface area (Å²) in [5.74, 6) is 0.523. The van der Waals surface area contributed by atoms with Crippen molar-refractivity contribution in [2.24, 2.45) is 11.7 Å². The molecule has 122 valence electrons. The van der Waals surface area contributed by atoms with E-state index in [1.54, 1.807) is 0 Å². The quantitative estimate of drug-likeness (QED) is 0.870. The summed E-state index contributed by atoms with van der Waals surface area (Å²) in [5.41, 5.74) is 6.66. The van der Waals surface area contributed by atoms with Crippen LogP contribution in [0.5, 0.6) is 0 Å². The van der Waals surface area contributed by atoms with Crippen LogP contribution in [-0.4, -0.2) is 44.2 Å². The summed E-state index contributed by atoms with van der Waals surface area (Å²) < 4.78 is 17.7. The summed E-state index contributed by atoms with van der Waals surface area (Å²) in [6.07, 6.45) is 10.5. The maximum absolute atomic E-state index is 6.72. The fraction of sp³-hybridized carbons (Fsp3) is 1.00. The molecule has 0 aromatic carbocycles. The van der Waals surface area contributed by atoms with Crippen LogP contribution < -0.4 is 5.73 Å². The zero-order valence-corrected chi connectivity index (χ0v) is 13.4. The maximum atomic E-state index is 6.72. The Morgan fingerprint density at radius 1 is 1.05 bits per heavy atom. The molecule has 0 aromatic heterocycles. The average molecular weight is 297 g/mol. The molecule has 2 N–H and O–H groups in total. The molecule has 4 nitrogen and oxygen atoms in total. The number of nitrogens with two attached hydrogens (primary N) is 1. The van der Waals surface area contributed by atoms with Crippen molar-refractivity contribution in [2.75, 3.05) is 26.9 Å². The highest BCUT2D eigenvalue weighted by Gasteiger charge is 2.47. The van der Waals surface area contributed by atoms with Crippen molar-refractivity contribution in [3.63, 3.8) is 0 Å². The van der Waals surface area contributed by atoms with Gasteiger partial charge in [-0.3, -0.25) is 0 Å². The van der Waals surface area contributed by atoms with E-state index in [2.05, 4.69) is 0 Å². The van der Waals surface area contributed by atoms with Crippen LogP contribution in [0.2, 0.25) is 0 Å². The molecule has 21 heavy (non-hydrogen) atoms. The van der Waals surface area contributed by atoms with Gasteiger partial charge in [0.25, 0.3) is 0 Å². The van der Waals surface area contributed by atoms with Crippen LogP contribution in [0.15, 0.2) is 0 Å². The second-order valence-corrected chi connectivity index (χ2v) is 7.25. The van der Waals surface area contributed by atoms with Crippen molar-refractivity contribution in [2.45, 2.75) is 75.0 Å². The van der Waals surface area contributed by atoms with Crippen LogP contribution in [0.3, 0.4) is 0 Å². The third-order valence-electron chi connectivity index (χ3n) is 6.16.